The maximum Gasteiger partial charge on any atom is 0.254 e. The van der Waals surface area contributed by atoms with Gasteiger partial charge < -0.3 is 4.43 Å². The Hall–Kier alpha value is -3.53. The minimum atomic E-state index is -2.86. The molecule has 0 heterocycles. The van der Waals surface area contributed by atoms with Gasteiger partial charge in [0, 0.05) is 5.56 Å². The fourth-order valence-corrected chi connectivity index (χ4v) is 9.67. The minimum absolute atomic E-state index is 0.0594. The van der Waals surface area contributed by atoms with Crippen LogP contribution in [0.25, 0.3) is 0 Å². The van der Waals surface area contributed by atoms with Crippen molar-refractivity contribution in [2.45, 2.75) is 64.0 Å². The molecule has 3 heteroatoms. The van der Waals surface area contributed by atoms with Gasteiger partial charge in [-0.25, -0.2) is 0 Å². The van der Waals surface area contributed by atoms with E-state index in [9.17, 15) is 4.79 Å². The number of rotatable bonds is 11. The molecule has 0 bridgehead atoms. The second kappa shape index (κ2) is 13.4. The van der Waals surface area contributed by atoms with E-state index in [1.165, 1.54) is 48.0 Å². The van der Waals surface area contributed by atoms with E-state index < -0.39 is 13.9 Å². The SMILES string of the molecule is C/C(=C\C1CCCCC1)[C@](CCc1ccccc1)(O[Si](C)(c1ccccc1)c1ccccc1)C(=O)c1ccccc1. The molecule has 4 aromatic rings. The van der Waals surface area contributed by atoms with Gasteiger partial charge in [-0.15, -0.1) is 0 Å². The number of benzene rings is 4. The molecule has 1 aliphatic carbocycles. The lowest BCUT2D eigenvalue weighted by molar-refractivity contribution is 0.0534. The van der Waals surface area contributed by atoms with Crippen LogP contribution >= 0.6 is 0 Å². The van der Waals surface area contributed by atoms with Gasteiger partial charge in [-0.2, -0.15) is 0 Å². The molecule has 0 unspecified atom stereocenters. The molecule has 0 N–H and O–H groups in total. The van der Waals surface area contributed by atoms with Crippen molar-refractivity contribution in [2.24, 2.45) is 5.92 Å². The van der Waals surface area contributed by atoms with Crippen molar-refractivity contribution in [1.82, 2.24) is 0 Å². The van der Waals surface area contributed by atoms with Crippen molar-refractivity contribution in [1.29, 1.82) is 0 Å². The van der Waals surface area contributed by atoms with E-state index >= 15 is 0 Å². The highest BCUT2D eigenvalue weighted by Gasteiger charge is 2.49. The molecule has 5 rings (SSSR count). The molecule has 0 aliphatic heterocycles. The Morgan fingerprint density at radius 3 is 1.78 bits per heavy atom. The Kier molecular flexibility index (Phi) is 9.48. The van der Waals surface area contributed by atoms with Gasteiger partial charge in [0.15, 0.2) is 5.78 Å². The van der Waals surface area contributed by atoms with Gasteiger partial charge in [0.05, 0.1) is 0 Å². The molecule has 4 aromatic carbocycles. The largest absolute Gasteiger partial charge is 0.392 e. The first-order valence-corrected chi connectivity index (χ1v) is 17.6. The number of carbonyl (C=O) groups is 1. The Labute approximate surface area is 247 Å². The highest BCUT2D eigenvalue weighted by Crippen LogP contribution is 2.37. The quantitative estimate of drug-likeness (QED) is 0.105. The number of carbonyl (C=O) groups excluding carboxylic acids is 1. The third-order valence-electron chi connectivity index (χ3n) is 8.81. The van der Waals surface area contributed by atoms with Gasteiger partial charge in [0.2, 0.25) is 0 Å². The Morgan fingerprint density at radius 2 is 1.24 bits per heavy atom. The van der Waals surface area contributed by atoms with Crippen LogP contribution in [0.15, 0.2) is 133 Å². The summed E-state index contributed by atoms with van der Waals surface area (Å²) in [6, 6.07) is 41.4. The van der Waals surface area contributed by atoms with E-state index in [0.29, 0.717) is 17.9 Å². The fourth-order valence-electron chi connectivity index (χ4n) is 6.39. The maximum atomic E-state index is 15.0. The summed E-state index contributed by atoms with van der Waals surface area (Å²) in [7, 11) is -2.86. The highest BCUT2D eigenvalue weighted by atomic mass is 28.4. The summed E-state index contributed by atoms with van der Waals surface area (Å²) in [5, 5.41) is 2.34. The first-order chi connectivity index (χ1) is 20.0. The van der Waals surface area contributed by atoms with E-state index in [1.54, 1.807) is 0 Å². The Morgan fingerprint density at radius 1 is 0.756 bits per heavy atom. The van der Waals surface area contributed by atoms with Crippen LogP contribution in [0.5, 0.6) is 0 Å². The second-order valence-corrected chi connectivity index (χ2v) is 15.0. The molecule has 1 aliphatic rings. The van der Waals surface area contributed by atoms with Crippen LogP contribution in [-0.2, 0) is 10.8 Å². The number of ketones is 1. The normalized spacial score (nSPS) is 16.2. The zero-order valence-corrected chi connectivity index (χ0v) is 25.5. The summed E-state index contributed by atoms with van der Waals surface area (Å²) in [6.07, 6.45) is 9.89. The van der Waals surface area contributed by atoms with Crippen molar-refractivity contribution in [2.75, 3.05) is 0 Å². The minimum Gasteiger partial charge on any atom is -0.392 e. The molecule has 1 atom stereocenters. The summed E-state index contributed by atoms with van der Waals surface area (Å²) in [5.41, 5.74) is 1.88. The van der Waals surface area contributed by atoms with Gasteiger partial charge in [-0.3, -0.25) is 4.79 Å². The third-order valence-corrected chi connectivity index (χ3v) is 12.4. The van der Waals surface area contributed by atoms with E-state index in [1.807, 2.05) is 36.4 Å². The Balaban J connectivity index is 1.70. The van der Waals surface area contributed by atoms with E-state index in [0.717, 1.165) is 12.0 Å². The average molecular weight is 559 g/mol. The van der Waals surface area contributed by atoms with Crippen molar-refractivity contribution in [3.8, 4) is 0 Å². The number of hydrogen-bond donors (Lipinski definition) is 0. The second-order valence-electron chi connectivity index (χ2n) is 11.6. The van der Waals surface area contributed by atoms with Crippen LogP contribution in [0.1, 0.15) is 61.4 Å². The summed E-state index contributed by atoms with van der Waals surface area (Å²) in [5.74, 6) is 0.539. The Bertz CT molecular complexity index is 1370. The standard InChI is InChI=1S/C38H42O2Si/c1-31(30-33-20-10-4-11-21-33)38(29-28-32-18-8-3-9-19-32,37(39)34-22-12-5-13-23-34)40-41(2,35-24-14-6-15-25-35)36-26-16-7-17-27-36/h3,5-9,12-19,22-27,30,33H,4,10-11,20-21,28-29H2,1-2H3/b31-30+/t38-/m0/s1. The third kappa shape index (κ3) is 6.69. The van der Waals surface area contributed by atoms with Gasteiger partial charge >= 0.3 is 0 Å². The van der Waals surface area contributed by atoms with Crippen LogP contribution in [0.4, 0.5) is 0 Å². The maximum absolute atomic E-state index is 15.0. The van der Waals surface area contributed by atoms with Crippen molar-refractivity contribution >= 4 is 24.5 Å². The first kappa shape index (κ1) is 29.0. The molecule has 41 heavy (non-hydrogen) atoms. The lowest BCUT2D eigenvalue weighted by Crippen LogP contribution is -2.64. The van der Waals surface area contributed by atoms with Crippen LogP contribution in [0.2, 0.25) is 6.55 Å². The topological polar surface area (TPSA) is 26.3 Å². The van der Waals surface area contributed by atoms with E-state index in [4.69, 9.17) is 4.43 Å². The van der Waals surface area contributed by atoms with Crippen LogP contribution < -0.4 is 10.4 Å². The smallest absolute Gasteiger partial charge is 0.254 e. The van der Waals surface area contributed by atoms with Crippen LogP contribution in [0.3, 0.4) is 0 Å². The molecule has 0 saturated heterocycles. The monoisotopic (exact) mass is 558 g/mol. The molecule has 0 aromatic heterocycles. The number of allylic oxidation sites excluding steroid dienone is 1. The number of hydrogen-bond acceptors (Lipinski definition) is 2. The van der Waals surface area contributed by atoms with E-state index in [2.05, 4.69) is 104 Å². The van der Waals surface area contributed by atoms with Crippen molar-refractivity contribution in [3.05, 3.63) is 144 Å². The molecule has 0 amide bonds. The van der Waals surface area contributed by atoms with Crippen LogP contribution in [-0.4, -0.2) is 19.7 Å². The molecular weight excluding hydrogens is 517 g/mol. The van der Waals surface area contributed by atoms with Gasteiger partial charge in [-0.1, -0.05) is 147 Å². The summed E-state index contributed by atoms with van der Waals surface area (Å²) in [4.78, 5) is 15.0. The summed E-state index contributed by atoms with van der Waals surface area (Å²) in [6.45, 7) is 4.42. The van der Waals surface area contributed by atoms with Gasteiger partial charge in [0.25, 0.3) is 8.32 Å². The predicted molar refractivity (Wildman–Crippen MR) is 173 cm³/mol. The molecule has 0 radical (unpaired) electrons. The zero-order chi connectivity index (χ0) is 28.5. The predicted octanol–water partition coefficient (Wildman–Crippen LogP) is 8.17. The number of aryl methyl sites for hydroxylation is 1. The van der Waals surface area contributed by atoms with E-state index in [-0.39, 0.29) is 5.78 Å². The summed E-state index contributed by atoms with van der Waals surface area (Å²) >= 11 is 0. The zero-order valence-electron chi connectivity index (χ0n) is 24.5. The highest BCUT2D eigenvalue weighted by molar-refractivity contribution is 6.96. The fraction of sp³-hybridized carbons (Fsp3) is 0.289. The molecule has 2 nitrogen and oxygen atoms in total. The molecule has 0 spiro atoms. The lowest BCUT2D eigenvalue weighted by atomic mass is 9.78. The number of Topliss-reactive ketones (excluding diaryl/α,β-unsaturated/α-hetero) is 1. The van der Waals surface area contributed by atoms with Gasteiger partial charge in [0.1, 0.15) is 5.60 Å². The van der Waals surface area contributed by atoms with Gasteiger partial charge in [-0.05, 0) is 66.6 Å². The molecule has 210 valence electrons. The van der Waals surface area contributed by atoms with Crippen molar-refractivity contribution in [3.63, 3.8) is 0 Å². The molecular formula is C38H42O2Si. The van der Waals surface area contributed by atoms with Crippen LogP contribution in [0, 0.1) is 5.92 Å². The molecule has 1 saturated carbocycles. The molecule has 1 fully saturated rings. The first-order valence-electron chi connectivity index (χ1n) is 15.2. The average Bonchev–Trinajstić information content (AvgIpc) is 3.05. The summed E-state index contributed by atoms with van der Waals surface area (Å²) < 4.78 is 7.66. The van der Waals surface area contributed by atoms with Crippen molar-refractivity contribution < 1.29 is 9.22 Å². The lowest BCUT2D eigenvalue weighted by Gasteiger charge is -2.43.